The number of anilines is 1. The third kappa shape index (κ3) is 4.81. The summed E-state index contributed by atoms with van der Waals surface area (Å²) >= 11 is 6.17. The number of nitrogens with zero attached hydrogens (tertiary/aromatic N) is 2. The van der Waals surface area contributed by atoms with E-state index in [-0.39, 0.29) is 34.1 Å². The molecule has 1 heterocycles. The van der Waals surface area contributed by atoms with Gasteiger partial charge in [-0.2, -0.15) is 0 Å². The summed E-state index contributed by atoms with van der Waals surface area (Å²) in [4.78, 5) is 35.2. The molecule has 0 saturated heterocycles. The molecule has 0 aliphatic carbocycles. The van der Waals surface area contributed by atoms with Gasteiger partial charge in [-0.25, -0.2) is 4.79 Å². The van der Waals surface area contributed by atoms with Gasteiger partial charge in [0.05, 0.1) is 22.7 Å². The minimum absolute atomic E-state index is 0.0360. The number of carbonyl (C=O) groups is 2. The zero-order valence-corrected chi connectivity index (χ0v) is 17.1. The van der Waals surface area contributed by atoms with Crippen molar-refractivity contribution in [3.05, 3.63) is 68.9 Å². The first-order chi connectivity index (χ1) is 14.8. The predicted molar refractivity (Wildman–Crippen MR) is 110 cm³/mol. The highest BCUT2D eigenvalue weighted by Gasteiger charge is 2.25. The molecule has 3 aromatic rings. The zero-order valence-electron chi connectivity index (χ0n) is 16.4. The Morgan fingerprint density at radius 3 is 2.68 bits per heavy atom. The molecule has 0 saturated carbocycles. The van der Waals surface area contributed by atoms with E-state index in [1.807, 2.05) is 0 Å². The number of non-ortho nitro benzene ring substituents is 1. The van der Waals surface area contributed by atoms with Crippen molar-refractivity contribution >= 4 is 34.9 Å². The van der Waals surface area contributed by atoms with E-state index >= 15 is 0 Å². The molecule has 0 aliphatic rings. The van der Waals surface area contributed by atoms with Crippen molar-refractivity contribution in [2.45, 2.75) is 6.92 Å². The molecule has 0 radical (unpaired) electrons. The molecule has 1 amide bonds. The fourth-order valence-electron chi connectivity index (χ4n) is 2.75. The fourth-order valence-corrected chi connectivity index (χ4v) is 2.97. The molecule has 2 aromatic carbocycles. The van der Waals surface area contributed by atoms with Gasteiger partial charge in [0.2, 0.25) is 0 Å². The van der Waals surface area contributed by atoms with Crippen LogP contribution in [0.1, 0.15) is 16.1 Å². The average Bonchev–Trinajstić information content (AvgIpc) is 3.13. The summed E-state index contributed by atoms with van der Waals surface area (Å²) in [6.45, 7) is 0.870. The molecular weight excluding hydrogens is 430 g/mol. The van der Waals surface area contributed by atoms with E-state index in [2.05, 4.69) is 10.5 Å². The molecule has 10 nitrogen and oxygen atoms in total. The summed E-state index contributed by atoms with van der Waals surface area (Å²) in [5.41, 5.74) is 0.523. The minimum atomic E-state index is -0.838. The van der Waals surface area contributed by atoms with Crippen molar-refractivity contribution in [1.29, 1.82) is 0 Å². The number of nitro benzene ring substituents is 1. The number of aryl methyl sites for hydroxylation is 1. The number of hydrogen-bond acceptors (Lipinski definition) is 8. The molecule has 0 aliphatic heterocycles. The number of halogens is 1. The second-order valence-electron chi connectivity index (χ2n) is 6.21. The predicted octanol–water partition coefficient (Wildman–Crippen LogP) is 4.02. The van der Waals surface area contributed by atoms with E-state index in [4.69, 9.17) is 25.6 Å². The topological polar surface area (TPSA) is 134 Å². The first-order valence-electron chi connectivity index (χ1n) is 8.82. The molecule has 0 bridgehead atoms. The van der Waals surface area contributed by atoms with E-state index in [1.54, 1.807) is 24.3 Å². The second kappa shape index (κ2) is 9.26. The SMILES string of the molecule is COc1ccc([N+](=O)[O-])cc1NC(=O)COC(=O)c1c(-c2ccccc2Cl)noc1C. The van der Waals surface area contributed by atoms with Crippen molar-refractivity contribution < 1.29 is 28.5 Å². The molecule has 0 fully saturated rings. The minimum Gasteiger partial charge on any atom is -0.495 e. The van der Waals surface area contributed by atoms with Crippen LogP contribution in [-0.2, 0) is 9.53 Å². The van der Waals surface area contributed by atoms with Crippen molar-refractivity contribution in [2.24, 2.45) is 0 Å². The molecule has 0 spiro atoms. The number of nitro groups is 1. The van der Waals surface area contributed by atoms with Crippen LogP contribution in [0.4, 0.5) is 11.4 Å². The number of hydrogen-bond donors (Lipinski definition) is 1. The van der Waals surface area contributed by atoms with Crippen molar-refractivity contribution in [3.63, 3.8) is 0 Å². The lowest BCUT2D eigenvalue weighted by atomic mass is 10.1. The summed E-state index contributed by atoms with van der Waals surface area (Å²) < 4.78 is 15.3. The molecule has 31 heavy (non-hydrogen) atoms. The van der Waals surface area contributed by atoms with Crippen molar-refractivity contribution in [1.82, 2.24) is 5.16 Å². The lowest BCUT2D eigenvalue weighted by Gasteiger charge is -2.10. The number of benzene rings is 2. The number of nitrogens with one attached hydrogen (secondary N) is 1. The van der Waals surface area contributed by atoms with Gasteiger partial charge in [0.1, 0.15) is 22.8 Å². The van der Waals surface area contributed by atoms with Gasteiger partial charge in [-0.05, 0) is 19.1 Å². The molecule has 11 heteroatoms. The van der Waals surface area contributed by atoms with Crippen LogP contribution in [0, 0.1) is 17.0 Å². The zero-order chi connectivity index (χ0) is 22.5. The highest BCUT2D eigenvalue weighted by Crippen LogP contribution is 2.32. The Hall–Kier alpha value is -3.92. The molecule has 160 valence electrons. The third-order valence-corrected chi connectivity index (χ3v) is 4.53. The summed E-state index contributed by atoms with van der Waals surface area (Å²) in [6, 6.07) is 10.5. The maximum absolute atomic E-state index is 12.6. The molecule has 3 rings (SSSR count). The lowest BCUT2D eigenvalue weighted by molar-refractivity contribution is -0.384. The molecule has 0 unspecified atom stereocenters. The van der Waals surface area contributed by atoms with Crippen LogP contribution in [0.2, 0.25) is 5.02 Å². The average molecular weight is 446 g/mol. The van der Waals surface area contributed by atoms with Crippen molar-refractivity contribution in [3.8, 4) is 17.0 Å². The molecule has 1 N–H and O–H groups in total. The molecule has 0 atom stereocenters. The van der Waals surface area contributed by atoms with Crippen molar-refractivity contribution in [2.75, 3.05) is 19.0 Å². The number of ether oxygens (including phenoxy) is 2. The first-order valence-corrected chi connectivity index (χ1v) is 9.20. The Bertz CT molecular complexity index is 1160. The maximum atomic E-state index is 12.6. The van der Waals surface area contributed by atoms with Crippen LogP contribution in [-0.4, -0.2) is 35.7 Å². The number of rotatable bonds is 7. The van der Waals surface area contributed by atoms with Gasteiger partial charge in [0.25, 0.3) is 11.6 Å². The highest BCUT2D eigenvalue weighted by atomic mass is 35.5. The van der Waals surface area contributed by atoms with Gasteiger partial charge < -0.3 is 19.3 Å². The highest BCUT2D eigenvalue weighted by molar-refractivity contribution is 6.33. The van der Waals surface area contributed by atoms with Crippen LogP contribution in [0.15, 0.2) is 47.0 Å². The van der Waals surface area contributed by atoms with Crippen LogP contribution < -0.4 is 10.1 Å². The Morgan fingerprint density at radius 2 is 2.00 bits per heavy atom. The smallest absolute Gasteiger partial charge is 0.344 e. The Kier molecular flexibility index (Phi) is 6.51. The van der Waals surface area contributed by atoms with E-state index in [9.17, 15) is 19.7 Å². The van der Waals surface area contributed by atoms with Gasteiger partial charge in [0.15, 0.2) is 6.61 Å². The normalized spacial score (nSPS) is 10.4. The van der Waals surface area contributed by atoms with Crippen LogP contribution in [0.3, 0.4) is 0 Å². The fraction of sp³-hybridized carbons (Fsp3) is 0.150. The Morgan fingerprint density at radius 1 is 1.26 bits per heavy atom. The van der Waals surface area contributed by atoms with Crippen LogP contribution >= 0.6 is 11.6 Å². The number of amides is 1. The summed E-state index contributed by atoms with van der Waals surface area (Å²) in [6.07, 6.45) is 0. The van der Waals surface area contributed by atoms with E-state index in [1.165, 1.54) is 26.2 Å². The van der Waals surface area contributed by atoms with Crippen LogP contribution in [0.25, 0.3) is 11.3 Å². The summed E-state index contributed by atoms with van der Waals surface area (Å²) in [7, 11) is 1.35. The first kappa shape index (κ1) is 21.8. The van der Waals surface area contributed by atoms with E-state index in [0.29, 0.717) is 10.6 Å². The lowest BCUT2D eigenvalue weighted by Crippen LogP contribution is -2.21. The Balaban J connectivity index is 1.73. The molecular formula is C20H16ClN3O7. The number of methoxy groups -OCH3 is 1. The monoisotopic (exact) mass is 445 g/mol. The maximum Gasteiger partial charge on any atom is 0.344 e. The van der Waals surface area contributed by atoms with Gasteiger partial charge >= 0.3 is 5.97 Å². The van der Waals surface area contributed by atoms with Gasteiger partial charge in [0, 0.05) is 17.7 Å². The second-order valence-corrected chi connectivity index (χ2v) is 6.62. The number of esters is 1. The van der Waals surface area contributed by atoms with E-state index in [0.717, 1.165) is 6.07 Å². The van der Waals surface area contributed by atoms with Gasteiger partial charge in [-0.15, -0.1) is 0 Å². The standard InChI is InChI=1S/C20H16ClN3O7/c1-11-18(19(23-31-11)13-5-3-4-6-14(13)21)20(26)30-10-17(25)22-15-9-12(24(27)28)7-8-16(15)29-2/h3-9H,10H2,1-2H3,(H,22,25). The Labute approximate surface area is 180 Å². The number of carbonyl (C=O) groups excluding carboxylic acids is 2. The number of aromatic nitrogens is 1. The third-order valence-electron chi connectivity index (χ3n) is 4.20. The van der Waals surface area contributed by atoms with Crippen LogP contribution in [0.5, 0.6) is 5.75 Å². The quantitative estimate of drug-likeness (QED) is 0.327. The van der Waals surface area contributed by atoms with Gasteiger partial charge in [-0.3, -0.25) is 14.9 Å². The van der Waals surface area contributed by atoms with Gasteiger partial charge in [-0.1, -0.05) is 35.0 Å². The summed E-state index contributed by atoms with van der Waals surface area (Å²) in [5.74, 6) is -1.16. The molecule has 1 aromatic heterocycles. The van der Waals surface area contributed by atoms with E-state index < -0.39 is 23.4 Å². The summed E-state index contributed by atoms with van der Waals surface area (Å²) in [5, 5.41) is 17.6. The largest absolute Gasteiger partial charge is 0.495 e.